The summed E-state index contributed by atoms with van der Waals surface area (Å²) in [5, 5.41) is 4.15. The first-order valence-electron chi connectivity index (χ1n) is 10.4. The second-order valence-corrected chi connectivity index (χ2v) is 7.60. The zero-order valence-electron chi connectivity index (χ0n) is 18.3. The van der Waals surface area contributed by atoms with E-state index in [2.05, 4.69) is 5.10 Å². The molecule has 1 amide bonds. The molecule has 0 unspecified atom stereocenters. The molecule has 1 aromatic heterocycles. The van der Waals surface area contributed by atoms with Crippen LogP contribution in [0.2, 0.25) is 0 Å². The Labute approximate surface area is 188 Å². The largest absolute Gasteiger partial charge is 0.493 e. The fourth-order valence-corrected chi connectivity index (χ4v) is 3.80. The minimum atomic E-state index is -0.821. The molecule has 1 saturated heterocycles. The quantitative estimate of drug-likeness (QED) is 0.564. The van der Waals surface area contributed by atoms with Crippen molar-refractivity contribution in [2.24, 2.45) is 0 Å². The van der Waals surface area contributed by atoms with Crippen LogP contribution in [-0.4, -0.2) is 52.5 Å². The van der Waals surface area contributed by atoms with Crippen molar-refractivity contribution in [1.29, 1.82) is 0 Å². The predicted molar refractivity (Wildman–Crippen MR) is 118 cm³/mol. The van der Waals surface area contributed by atoms with Gasteiger partial charge >= 0.3 is 5.69 Å². The number of benzene rings is 2. The molecule has 0 atom stereocenters. The van der Waals surface area contributed by atoms with Gasteiger partial charge in [-0.1, -0.05) is 12.1 Å². The second-order valence-electron chi connectivity index (χ2n) is 7.60. The van der Waals surface area contributed by atoms with Gasteiger partial charge in [-0.05, 0) is 42.7 Å². The van der Waals surface area contributed by atoms with Crippen molar-refractivity contribution in [2.75, 3.05) is 27.3 Å². The van der Waals surface area contributed by atoms with Gasteiger partial charge in [0.15, 0.2) is 11.5 Å². The van der Waals surface area contributed by atoms with Crippen LogP contribution in [0.25, 0.3) is 5.69 Å². The van der Waals surface area contributed by atoms with Crippen LogP contribution in [0.5, 0.6) is 11.5 Å². The van der Waals surface area contributed by atoms with E-state index in [4.69, 9.17) is 9.47 Å². The van der Waals surface area contributed by atoms with E-state index in [1.165, 1.54) is 38.5 Å². The number of likely N-dealkylation sites (tertiary alicyclic amines) is 1. The molecule has 0 radical (unpaired) electrons. The Morgan fingerprint density at radius 2 is 1.76 bits per heavy atom. The number of rotatable bonds is 6. The first-order valence-corrected chi connectivity index (χ1v) is 10.4. The molecule has 10 heteroatoms. The summed E-state index contributed by atoms with van der Waals surface area (Å²) >= 11 is 0. The average Bonchev–Trinajstić information content (AvgIpc) is 3.36. The summed E-state index contributed by atoms with van der Waals surface area (Å²) < 4.78 is 26.1. The topological polar surface area (TPSA) is 95.7 Å². The van der Waals surface area contributed by atoms with Crippen molar-refractivity contribution in [2.45, 2.75) is 19.4 Å². The van der Waals surface area contributed by atoms with E-state index in [-0.39, 0.29) is 17.9 Å². The van der Waals surface area contributed by atoms with E-state index < -0.39 is 23.0 Å². The molecule has 1 fully saturated rings. The highest BCUT2D eigenvalue weighted by Crippen LogP contribution is 2.28. The average molecular weight is 454 g/mol. The maximum absolute atomic E-state index is 13.7. The summed E-state index contributed by atoms with van der Waals surface area (Å²) in [6, 6.07) is 10.3. The normalized spacial score (nSPS) is 13.2. The number of ether oxygens (including phenoxy) is 2. The molecule has 2 heterocycles. The second kappa shape index (κ2) is 9.27. The molecule has 0 N–H and O–H groups in total. The number of carbonyl (C=O) groups is 1. The minimum Gasteiger partial charge on any atom is -0.493 e. The summed E-state index contributed by atoms with van der Waals surface area (Å²) in [5.41, 5.74) is -1.28. The third-order valence-electron chi connectivity index (χ3n) is 5.50. The first-order chi connectivity index (χ1) is 15.9. The summed E-state index contributed by atoms with van der Waals surface area (Å²) in [7, 11) is 2.93. The highest BCUT2D eigenvalue weighted by Gasteiger charge is 2.27. The minimum absolute atomic E-state index is 0.217. The predicted octanol–water partition coefficient (Wildman–Crippen LogP) is 1.83. The SMILES string of the molecule is COc1ccc(-n2nc(C(=O)N3CCCC3)c(=O)n(Cc3cccc(F)c3)c2=O)cc1OC. The van der Waals surface area contributed by atoms with Gasteiger partial charge in [0.25, 0.3) is 11.5 Å². The van der Waals surface area contributed by atoms with E-state index in [1.54, 1.807) is 23.1 Å². The smallest absolute Gasteiger partial charge is 0.352 e. The Hall–Kier alpha value is -3.95. The number of aromatic nitrogens is 3. The molecule has 0 aliphatic carbocycles. The van der Waals surface area contributed by atoms with Crippen molar-refractivity contribution >= 4 is 5.91 Å². The van der Waals surface area contributed by atoms with Crippen LogP contribution in [0, 0.1) is 5.82 Å². The standard InChI is InChI=1S/C23H23FN4O5/c1-32-18-9-8-17(13-19(18)33-2)28-23(31)27(14-15-6-5-7-16(24)12-15)22(30)20(25-28)21(29)26-10-3-4-11-26/h5-9,12-13H,3-4,10-11,14H2,1-2H3. The Balaban J connectivity index is 1.90. The third-order valence-corrected chi connectivity index (χ3v) is 5.50. The van der Waals surface area contributed by atoms with Gasteiger partial charge in [0, 0.05) is 19.2 Å². The summed E-state index contributed by atoms with van der Waals surface area (Å²) in [6.45, 7) is 0.810. The lowest BCUT2D eigenvalue weighted by Gasteiger charge is -2.17. The molecule has 3 aromatic rings. The number of hydrogen-bond acceptors (Lipinski definition) is 6. The fraction of sp³-hybridized carbons (Fsp3) is 0.304. The van der Waals surface area contributed by atoms with Gasteiger partial charge in [-0.25, -0.2) is 9.18 Å². The fourth-order valence-electron chi connectivity index (χ4n) is 3.80. The molecule has 1 aliphatic heterocycles. The van der Waals surface area contributed by atoms with Crippen LogP contribution >= 0.6 is 0 Å². The van der Waals surface area contributed by atoms with Crippen molar-refractivity contribution in [3.8, 4) is 17.2 Å². The molecule has 0 spiro atoms. The Kier molecular flexibility index (Phi) is 6.25. The van der Waals surface area contributed by atoms with E-state index in [1.807, 2.05) is 0 Å². The molecule has 172 valence electrons. The van der Waals surface area contributed by atoms with Crippen LogP contribution in [-0.2, 0) is 6.54 Å². The Bertz CT molecular complexity index is 1310. The van der Waals surface area contributed by atoms with E-state index >= 15 is 0 Å². The maximum atomic E-state index is 13.7. The van der Waals surface area contributed by atoms with Gasteiger partial charge in [-0.2, -0.15) is 9.78 Å². The lowest BCUT2D eigenvalue weighted by Crippen LogP contribution is -2.46. The zero-order chi connectivity index (χ0) is 23.5. The van der Waals surface area contributed by atoms with Crippen molar-refractivity contribution in [1.82, 2.24) is 19.2 Å². The molecule has 1 aliphatic rings. The number of hydrogen-bond donors (Lipinski definition) is 0. The number of halogens is 1. The molecular formula is C23H23FN4O5. The number of carbonyl (C=O) groups excluding carboxylic acids is 1. The summed E-state index contributed by atoms with van der Waals surface area (Å²) in [6.07, 6.45) is 1.66. The number of methoxy groups -OCH3 is 2. The van der Waals surface area contributed by atoms with E-state index in [0.717, 1.165) is 22.1 Å². The van der Waals surface area contributed by atoms with Gasteiger partial charge in [0.05, 0.1) is 26.5 Å². The number of amides is 1. The Morgan fingerprint density at radius 1 is 1.03 bits per heavy atom. The van der Waals surface area contributed by atoms with Crippen LogP contribution in [0.3, 0.4) is 0 Å². The highest BCUT2D eigenvalue weighted by atomic mass is 19.1. The van der Waals surface area contributed by atoms with Crippen LogP contribution < -0.4 is 20.7 Å². The van der Waals surface area contributed by atoms with Crippen molar-refractivity contribution in [3.63, 3.8) is 0 Å². The molecular weight excluding hydrogens is 431 g/mol. The molecule has 4 rings (SSSR count). The van der Waals surface area contributed by atoms with E-state index in [0.29, 0.717) is 30.2 Å². The first kappa shape index (κ1) is 22.3. The van der Waals surface area contributed by atoms with Gasteiger partial charge in [0.1, 0.15) is 5.82 Å². The summed E-state index contributed by atoms with van der Waals surface area (Å²) in [5.74, 6) is -0.252. The molecule has 0 saturated carbocycles. The van der Waals surface area contributed by atoms with Gasteiger partial charge in [-0.3, -0.25) is 14.2 Å². The van der Waals surface area contributed by atoms with Crippen molar-refractivity contribution < 1.29 is 18.7 Å². The van der Waals surface area contributed by atoms with Gasteiger partial charge < -0.3 is 14.4 Å². The van der Waals surface area contributed by atoms with Crippen LogP contribution in [0.15, 0.2) is 52.1 Å². The monoisotopic (exact) mass is 454 g/mol. The van der Waals surface area contributed by atoms with Crippen molar-refractivity contribution in [3.05, 3.63) is 80.4 Å². The molecule has 2 aromatic carbocycles. The zero-order valence-corrected chi connectivity index (χ0v) is 18.3. The molecule has 33 heavy (non-hydrogen) atoms. The molecule has 0 bridgehead atoms. The Morgan fingerprint density at radius 3 is 2.42 bits per heavy atom. The van der Waals surface area contributed by atoms with Gasteiger partial charge in [-0.15, -0.1) is 0 Å². The third kappa shape index (κ3) is 4.36. The maximum Gasteiger partial charge on any atom is 0.352 e. The lowest BCUT2D eigenvalue weighted by atomic mass is 10.2. The van der Waals surface area contributed by atoms with Crippen LogP contribution in [0.1, 0.15) is 28.9 Å². The summed E-state index contributed by atoms with van der Waals surface area (Å²) in [4.78, 5) is 41.1. The highest BCUT2D eigenvalue weighted by molar-refractivity contribution is 5.92. The lowest BCUT2D eigenvalue weighted by molar-refractivity contribution is 0.0781. The van der Waals surface area contributed by atoms with E-state index in [9.17, 15) is 18.8 Å². The number of nitrogens with zero attached hydrogens (tertiary/aromatic N) is 4. The van der Waals surface area contributed by atoms with Gasteiger partial charge in [0.2, 0.25) is 5.69 Å². The molecule has 9 nitrogen and oxygen atoms in total. The van der Waals surface area contributed by atoms with Crippen LogP contribution in [0.4, 0.5) is 4.39 Å².